The molecule has 2 aliphatic heterocycles. The number of unbranched alkanes of at least 4 members (excludes halogenated alkanes) is 2. The molecule has 14 amide bonds. The summed E-state index contributed by atoms with van der Waals surface area (Å²) < 4.78 is 28.2. The molecule has 38 heteroatoms. The first kappa shape index (κ1) is 108. The molecule has 123 heavy (non-hydrogen) atoms. The van der Waals surface area contributed by atoms with E-state index in [0.29, 0.717) is 82.6 Å². The van der Waals surface area contributed by atoms with Crippen LogP contribution in [0.5, 0.6) is 0 Å². The molecule has 0 radical (unpaired) electrons. The molecule has 0 saturated carbocycles. The summed E-state index contributed by atoms with van der Waals surface area (Å²) in [6.45, 7) is 20.8. The summed E-state index contributed by atoms with van der Waals surface area (Å²) in [5.41, 5.74) is 12.7. The number of rotatable bonds is 55. The monoisotopic (exact) mass is 1770 g/mol. The Balaban J connectivity index is 0.000000639. The van der Waals surface area contributed by atoms with Crippen LogP contribution in [0.15, 0.2) is 66.2 Å². The van der Waals surface area contributed by atoms with Crippen molar-refractivity contribution in [3.05, 3.63) is 82.3 Å². The molecule has 1 aromatic heterocycles. The van der Waals surface area contributed by atoms with Gasteiger partial charge in [-0.2, -0.15) is 0 Å². The third-order valence-electron chi connectivity index (χ3n) is 21.3. The van der Waals surface area contributed by atoms with Crippen molar-refractivity contribution in [1.29, 1.82) is 0 Å². The SMILES string of the molecule is C.CC(=O)OCc1ccc(NC(=O)[C@H](CCCNC(N)=O)NC(=O)[C@@H](NC(=O)CCCCCN2C(=O)CC(SCC(NC(=O)CON)C(N)=O)C2=O)C(C)C)cc1.CC[C@H](C)[C@@H]([C@@H](CC(=O)N1CCC[C@H]1[C@H](OC)[C@@H](C)C(=O)N[C@@H](Cc1ccccc1)c1nccs1)OC)N(C)C(=O)[C@@H](NC(=O)[C@H](C(C)C)N(C)C(=O)CCOCCOCCNC)C(C)C. The number of esters is 1. The Kier molecular flexibility index (Phi) is 50.2. The van der Waals surface area contributed by atoms with E-state index in [-0.39, 0.29) is 137 Å². The van der Waals surface area contributed by atoms with Gasteiger partial charge in [0, 0.05) is 97.3 Å². The fourth-order valence-electron chi connectivity index (χ4n) is 14.3. The maximum atomic E-state index is 14.6. The number of methoxy groups -OCH3 is 2. The van der Waals surface area contributed by atoms with E-state index >= 15 is 0 Å². The van der Waals surface area contributed by atoms with E-state index < -0.39 is 120 Å². The molecular weight excluding hydrogens is 1630 g/mol. The fraction of sp³-hybridized carbons (Fsp3) is 0.659. The lowest BCUT2D eigenvalue weighted by molar-refractivity contribution is -0.148. The first-order valence-corrected chi connectivity index (χ1v) is 43.7. The lowest BCUT2D eigenvalue weighted by atomic mass is 9.89. The summed E-state index contributed by atoms with van der Waals surface area (Å²) in [5, 5.41) is 24.2. The third-order valence-corrected chi connectivity index (χ3v) is 23.4. The van der Waals surface area contributed by atoms with E-state index in [9.17, 15) is 67.1 Å². The summed E-state index contributed by atoms with van der Waals surface area (Å²) >= 11 is 2.52. The van der Waals surface area contributed by atoms with Gasteiger partial charge in [0.15, 0.2) is 0 Å². The number of nitrogens with two attached hydrogens (primary N) is 3. The van der Waals surface area contributed by atoms with Crippen molar-refractivity contribution < 1.29 is 95.6 Å². The minimum Gasteiger partial charge on any atom is -0.461 e. The Morgan fingerprint density at radius 2 is 1.38 bits per heavy atom. The van der Waals surface area contributed by atoms with E-state index in [1.165, 1.54) is 23.2 Å². The Morgan fingerprint density at radius 3 is 1.97 bits per heavy atom. The number of primary amides is 2. The molecule has 3 heterocycles. The van der Waals surface area contributed by atoms with Crippen molar-refractivity contribution in [3.63, 3.8) is 0 Å². The highest BCUT2D eigenvalue weighted by Crippen LogP contribution is 2.32. The summed E-state index contributed by atoms with van der Waals surface area (Å²) in [6.07, 6.45) is 5.00. The molecule has 36 nitrogen and oxygen atoms in total. The van der Waals surface area contributed by atoms with Crippen LogP contribution >= 0.6 is 23.1 Å². The number of likely N-dealkylation sites (N-methyl/N-ethyl adjacent to an activating group) is 3. The van der Waals surface area contributed by atoms with E-state index in [1.54, 1.807) is 77.5 Å². The Labute approximate surface area is 732 Å². The smallest absolute Gasteiger partial charge is 0.312 e. The van der Waals surface area contributed by atoms with Crippen LogP contribution in [0.1, 0.15) is 176 Å². The van der Waals surface area contributed by atoms with Gasteiger partial charge in [-0.05, 0) is 98.9 Å². The van der Waals surface area contributed by atoms with Gasteiger partial charge in [0.05, 0.1) is 80.8 Å². The number of carbonyl (C=O) groups is 14. The predicted molar refractivity (Wildman–Crippen MR) is 468 cm³/mol. The summed E-state index contributed by atoms with van der Waals surface area (Å²) in [4.78, 5) is 196. The zero-order valence-corrected chi connectivity index (χ0v) is 75.1. The third kappa shape index (κ3) is 36.8. The molecule has 14 N–H and O–H groups in total. The molecular formula is C85H138N16O20S2. The molecule has 0 spiro atoms. The van der Waals surface area contributed by atoms with Gasteiger partial charge in [0.25, 0.3) is 0 Å². The predicted octanol–water partition coefficient (Wildman–Crippen LogP) is 4.41. The first-order valence-electron chi connectivity index (χ1n) is 41.8. The number of amides is 14. The first-order chi connectivity index (χ1) is 58.0. The zero-order chi connectivity index (χ0) is 90.7. The molecule has 2 aliphatic rings. The van der Waals surface area contributed by atoms with E-state index in [0.717, 1.165) is 40.2 Å². The maximum absolute atomic E-state index is 14.6. The van der Waals surface area contributed by atoms with Crippen molar-refractivity contribution in [1.82, 2.24) is 61.8 Å². The van der Waals surface area contributed by atoms with E-state index in [1.807, 2.05) is 96.1 Å². The Hall–Kier alpha value is -9.28. The van der Waals surface area contributed by atoms with Gasteiger partial charge in [-0.1, -0.05) is 125 Å². The van der Waals surface area contributed by atoms with Gasteiger partial charge in [-0.3, -0.25) is 72.1 Å². The van der Waals surface area contributed by atoms with Crippen LogP contribution in [0.2, 0.25) is 0 Å². The fourth-order valence-corrected chi connectivity index (χ4v) is 16.2. The highest BCUT2D eigenvalue weighted by atomic mass is 32.2. The number of likely N-dealkylation sites (tertiary alicyclic amines) is 2. The number of anilines is 1. The van der Waals surface area contributed by atoms with Crippen LogP contribution in [0, 0.1) is 29.6 Å². The second-order valence-electron chi connectivity index (χ2n) is 31.5. The number of thiazole rings is 1. The maximum Gasteiger partial charge on any atom is 0.312 e. The van der Waals surface area contributed by atoms with Crippen LogP contribution in [0.4, 0.5) is 10.5 Å². The Bertz CT molecular complexity index is 3800. The molecule has 2 unspecified atom stereocenters. The number of hydrogen-bond donors (Lipinski definition) is 11. The molecule has 690 valence electrons. The lowest BCUT2D eigenvalue weighted by Gasteiger charge is -2.41. The van der Waals surface area contributed by atoms with Crippen molar-refractivity contribution in [2.24, 2.45) is 47.0 Å². The molecule has 2 aromatic carbocycles. The quantitative estimate of drug-likeness (QED) is 0.0161. The van der Waals surface area contributed by atoms with Gasteiger partial charge in [0.2, 0.25) is 70.9 Å². The van der Waals surface area contributed by atoms with E-state index in [2.05, 4.69) is 52.4 Å². The summed E-state index contributed by atoms with van der Waals surface area (Å²) in [5.74, 6) is -2.31. The second kappa shape index (κ2) is 57.3. The minimum atomic E-state index is -1.10. The van der Waals surface area contributed by atoms with Crippen molar-refractivity contribution in [2.75, 3.05) is 106 Å². The standard InChI is InChI=1S/C49H81N7O9S.C35H53N9O11S.CH4/c1-13-34(6)44(55(10)49(61)42(32(2)3)53-47(60)43(33(4)5)54(9)40(57)21-25-64-27-28-65-26-22-50-8)39(62-11)31-41(58)56-24-17-20-38(56)45(63-12)35(7)46(59)52-37(48-51-23-29-66-48)30-36-18-15-14-16-19-36;1-20(2)30(33(51)42-24(8-7-14-39-35(37)53)32(50)40-23-12-10-22(11-13-23)17-54-21(3)45)43-27(46)9-5-4-6-15-44-29(48)16-26(34(44)52)56-19-25(31(36)49)41-28(47)18-55-38;/h14-16,18-19,23,29,32-35,37-39,42-45,50H,13,17,20-22,24-28,30-31H2,1-12H3,(H,52,59)(H,53,60);10-13,20,24-26,30H,4-9,14-19,38H2,1-3H3,(H2,36,49)(H,40,50)(H,41,47)(H,42,51)(H,43,46)(H3,37,39,53);1H4/t34-,35+,37-,38-,39+,42-,43-,44-,45+;24-,25?,26?,30-;/m00./s1. The number of benzene rings is 2. The number of aromatic nitrogens is 1. The molecule has 3 aromatic rings. The Morgan fingerprint density at radius 1 is 0.707 bits per heavy atom. The van der Waals surface area contributed by atoms with E-state index in [4.69, 9.17) is 41.0 Å². The largest absolute Gasteiger partial charge is 0.461 e. The van der Waals surface area contributed by atoms with Crippen molar-refractivity contribution in [2.45, 2.75) is 233 Å². The number of nitrogens with one attached hydrogen (secondary N) is 8. The number of ether oxygens (including phenoxy) is 5. The van der Waals surface area contributed by atoms with Crippen molar-refractivity contribution >= 4 is 112 Å². The number of urea groups is 1. The van der Waals surface area contributed by atoms with Gasteiger partial charge < -0.3 is 92.4 Å². The van der Waals surface area contributed by atoms with Gasteiger partial charge >= 0.3 is 12.0 Å². The van der Waals surface area contributed by atoms with Crippen LogP contribution in [-0.2, 0) is 104 Å². The van der Waals surface area contributed by atoms with Crippen LogP contribution < -0.4 is 59.9 Å². The zero-order valence-electron chi connectivity index (χ0n) is 73.5. The number of imide groups is 1. The number of hydrogen-bond acceptors (Lipinski definition) is 25. The highest BCUT2D eigenvalue weighted by molar-refractivity contribution is 8.00. The van der Waals surface area contributed by atoms with Gasteiger partial charge in [-0.25, -0.2) is 15.7 Å². The molecule has 0 bridgehead atoms. The lowest BCUT2D eigenvalue weighted by Crippen LogP contribution is -2.60. The summed E-state index contributed by atoms with van der Waals surface area (Å²) in [6, 6.07) is 9.76. The van der Waals surface area contributed by atoms with Crippen LogP contribution in [0.3, 0.4) is 0 Å². The normalized spacial score (nSPS) is 16.5. The molecule has 5 rings (SSSR count). The minimum absolute atomic E-state index is 0. The molecule has 13 atom stereocenters. The number of carbonyl (C=O) groups excluding carboxylic acids is 14. The van der Waals surface area contributed by atoms with Crippen molar-refractivity contribution in [3.8, 4) is 0 Å². The number of nitrogens with zero attached hydrogens (tertiary/aromatic N) is 5. The molecule has 2 saturated heterocycles. The second-order valence-corrected chi connectivity index (χ2v) is 33.7. The average molecular weight is 1770 g/mol. The molecule has 0 aliphatic carbocycles. The number of thioether (sulfide) groups is 1. The summed E-state index contributed by atoms with van der Waals surface area (Å²) in [7, 11) is 8.29. The highest BCUT2D eigenvalue weighted by Gasteiger charge is 2.45. The van der Waals surface area contributed by atoms with Crippen LogP contribution in [-0.4, -0.2) is 268 Å². The average Bonchev–Trinajstić information content (AvgIpc) is 1.79. The van der Waals surface area contributed by atoms with Gasteiger partial charge in [-0.15, -0.1) is 23.1 Å². The topological polar surface area (TPSA) is 495 Å². The molecule has 2 fully saturated rings. The van der Waals surface area contributed by atoms with Crippen LogP contribution in [0.25, 0.3) is 0 Å². The van der Waals surface area contributed by atoms with Gasteiger partial charge in [0.1, 0.15) is 48.4 Å².